The summed E-state index contributed by atoms with van der Waals surface area (Å²) in [6.45, 7) is 6.11. The van der Waals surface area contributed by atoms with E-state index in [-0.39, 0.29) is 5.88 Å². The number of hydrogen-bond acceptors (Lipinski definition) is 2. The number of aryl methyl sites for hydroxylation is 3. The molecule has 0 aliphatic heterocycles. The Labute approximate surface area is 124 Å². The normalized spacial score (nSPS) is 11.6. The van der Waals surface area contributed by atoms with E-state index in [9.17, 15) is 5.11 Å². The standard InChI is InChI=1S/C18H18N2O/c1-11-7-8-14-15(18(21)20-16(14)9-11)10-19-17-12(2)5-4-6-13(17)3/h4-10,20-21H,1-3H3. The first-order valence-corrected chi connectivity index (χ1v) is 6.98. The second kappa shape index (κ2) is 5.09. The third-order valence-corrected chi connectivity index (χ3v) is 3.74. The van der Waals surface area contributed by atoms with Gasteiger partial charge in [-0.2, -0.15) is 0 Å². The van der Waals surface area contributed by atoms with Gasteiger partial charge >= 0.3 is 0 Å². The Morgan fingerprint density at radius 3 is 2.48 bits per heavy atom. The topological polar surface area (TPSA) is 48.4 Å². The number of nitrogens with one attached hydrogen (secondary N) is 1. The summed E-state index contributed by atoms with van der Waals surface area (Å²) >= 11 is 0. The van der Waals surface area contributed by atoms with Crippen molar-refractivity contribution in [1.82, 2.24) is 4.98 Å². The van der Waals surface area contributed by atoms with Crippen molar-refractivity contribution in [3.63, 3.8) is 0 Å². The van der Waals surface area contributed by atoms with Gasteiger partial charge in [0.25, 0.3) is 0 Å². The lowest BCUT2D eigenvalue weighted by atomic mass is 10.1. The van der Waals surface area contributed by atoms with Gasteiger partial charge in [-0.05, 0) is 43.5 Å². The van der Waals surface area contributed by atoms with E-state index in [4.69, 9.17) is 0 Å². The van der Waals surface area contributed by atoms with E-state index in [1.165, 1.54) is 0 Å². The number of aliphatic imine (C=N–C) groups is 1. The van der Waals surface area contributed by atoms with Gasteiger partial charge in [-0.25, -0.2) is 0 Å². The zero-order valence-corrected chi connectivity index (χ0v) is 12.4. The number of fused-ring (bicyclic) bond motifs is 1. The highest BCUT2D eigenvalue weighted by molar-refractivity contribution is 6.02. The molecule has 0 fully saturated rings. The summed E-state index contributed by atoms with van der Waals surface area (Å²) in [4.78, 5) is 7.57. The Hall–Kier alpha value is -2.55. The summed E-state index contributed by atoms with van der Waals surface area (Å²) in [5.74, 6) is 0.158. The molecule has 0 radical (unpaired) electrons. The molecule has 3 nitrogen and oxygen atoms in total. The van der Waals surface area contributed by atoms with Crippen molar-refractivity contribution in [2.24, 2.45) is 4.99 Å². The van der Waals surface area contributed by atoms with Gasteiger partial charge in [0.1, 0.15) is 0 Å². The lowest BCUT2D eigenvalue weighted by Crippen LogP contribution is -1.83. The minimum atomic E-state index is 0.158. The van der Waals surface area contributed by atoms with Crippen molar-refractivity contribution in [3.05, 3.63) is 58.7 Å². The number of hydrogen-bond donors (Lipinski definition) is 2. The SMILES string of the molecule is Cc1ccc2c(C=Nc3c(C)cccc3C)c(O)[nH]c2c1. The van der Waals surface area contributed by atoms with Gasteiger partial charge in [0.2, 0.25) is 0 Å². The van der Waals surface area contributed by atoms with Crippen LogP contribution in [0.3, 0.4) is 0 Å². The van der Waals surface area contributed by atoms with Gasteiger partial charge in [-0.1, -0.05) is 30.3 Å². The quantitative estimate of drug-likeness (QED) is 0.664. The maximum atomic E-state index is 10.1. The van der Waals surface area contributed by atoms with E-state index in [0.717, 1.165) is 38.8 Å². The summed E-state index contributed by atoms with van der Waals surface area (Å²) in [5, 5.41) is 11.1. The van der Waals surface area contributed by atoms with E-state index in [0.29, 0.717) is 0 Å². The van der Waals surface area contributed by atoms with Crippen LogP contribution in [0.4, 0.5) is 5.69 Å². The smallest absolute Gasteiger partial charge is 0.198 e. The molecule has 3 heteroatoms. The van der Waals surface area contributed by atoms with E-state index in [1.54, 1.807) is 6.21 Å². The third kappa shape index (κ3) is 2.42. The van der Waals surface area contributed by atoms with Gasteiger partial charge in [0.05, 0.1) is 11.3 Å². The predicted octanol–water partition coefficient (Wildman–Crippen LogP) is 4.55. The van der Waals surface area contributed by atoms with Crippen LogP contribution in [-0.2, 0) is 0 Å². The fourth-order valence-electron chi connectivity index (χ4n) is 2.59. The molecule has 3 rings (SSSR count). The molecule has 0 saturated carbocycles. The molecule has 1 heterocycles. The first-order chi connectivity index (χ1) is 10.1. The Morgan fingerprint density at radius 2 is 1.76 bits per heavy atom. The lowest BCUT2D eigenvalue weighted by Gasteiger charge is -2.03. The zero-order chi connectivity index (χ0) is 15.0. The molecule has 21 heavy (non-hydrogen) atoms. The average Bonchev–Trinajstić information content (AvgIpc) is 2.73. The number of aromatic amines is 1. The van der Waals surface area contributed by atoms with Crippen LogP contribution in [0.25, 0.3) is 10.9 Å². The Balaban J connectivity index is 2.10. The number of H-pyrrole nitrogens is 1. The predicted molar refractivity (Wildman–Crippen MR) is 87.9 cm³/mol. The number of aromatic hydroxyl groups is 1. The van der Waals surface area contributed by atoms with Gasteiger partial charge in [0.15, 0.2) is 5.88 Å². The monoisotopic (exact) mass is 278 g/mol. The van der Waals surface area contributed by atoms with Crippen LogP contribution in [0.2, 0.25) is 0 Å². The van der Waals surface area contributed by atoms with Crippen LogP contribution in [0, 0.1) is 20.8 Å². The van der Waals surface area contributed by atoms with Gasteiger partial charge in [0, 0.05) is 17.1 Å². The molecule has 0 unspecified atom stereocenters. The van der Waals surface area contributed by atoms with Gasteiger partial charge in [-0.3, -0.25) is 4.99 Å². The molecule has 2 N–H and O–H groups in total. The fourth-order valence-corrected chi connectivity index (χ4v) is 2.59. The number of benzene rings is 2. The second-order valence-corrected chi connectivity index (χ2v) is 5.43. The number of rotatable bonds is 2. The molecule has 0 bridgehead atoms. The fraction of sp³-hybridized carbons (Fsp3) is 0.167. The highest BCUT2D eigenvalue weighted by Gasteiger charge is 2.09. The molecule has 0 spiro atoms. The zero-order valence-electron chi connectivity index (χ0n) is 12.4. The van der Waals surface area contributed by atoms with Crippen molar-refractivity contribution in [2.75, 3.05) is 0 Å². The van der Waals surface area contributed by atoms with Gasteiger partial charge in [-0.15, -0.1) is 0 Å². The molecular weight excluding hydrogens is 260 g/mol. The van der Waals surface area contributed by atoms with Crippen LogP contribution in [0.15, 0.2) is 41.4 Å². The van der Waals surface area contributed by atoms with Crippen LogP contribution in [0.5, 0.6) is 5.88 Å². The number of aromatic nitrogens is 1. The minimum absolute atomic E-state index is 0.158. The van der Waals surface area contributed by atoms with E-state index < -0.39 is 0 Å². The van der Waals surface area contributed by atoms with Crippen LogP contribution in [0.1, 0.15) is 22.3 Å². The van der Waals surface area contributed by atoms with Crippen LogP contribution in [-0.4, -0.2) is 16.3 Å². The Bertz CT molecular complexity index is 824. The van der Waals surface area contributed by atoms with Crippen molar-refractivity contribution in [2.45, 2.75) is 20.8 Å². The summed E-state index contributed by atoms with van der Waals surface area (Å²) in [5.41, 5.74) is 6.02. The Morgan fingerprint density at radius 1 is 1.05 bits per heavy atom. The molecule has 3 aromatic rings. The third-order valence-electron chi connectivity index (χ3n) is 3.74. The Kier molecular flexibility index (Phi) is 3.26. The molecular formula is C18H18N2O. The number of para-hydroxylation sites is 1. The maximum Gasteiger partial charge on any atom is 0.198 e. The van der Waals surface area contributed by atoms with Crippen LogP contribution >= 0.6 is 0 Å². The molecule has 0 aliphatic carbocycles. The van der Waals surface area contributed by atoms with Crippen molar-refractivity contribution in [1.29, 1.82) is 0 Å². The van der Waals surface area contributed by atoms with Crippen LogP contribution < -0.4 is 0 Å². The lowest BCUT2D eigenvalue weighted by molar-refractivity contribution is 0.457. The summed E-state index contributed by atoms with van der Waals surface area (Å²) in [7, 11) is 0. The second-order valence-electron chi connectivity index (χ2n) is 5.43. The van der Waals surface area contributed by atoms with E-state index in [1.807, 2.05) is 57.2 Å². The largest absolute Gasteiger partial charge is 0.494 e. The molecule has 106 valence electrons. The summed E-state index contributed by atoms with van der Waals surface area (Å²) < 4.78 is 0. The first kappa shape index (κ1) is 13.4. The molecule has 1 aromatic heterocycles. The van der Waals surface area contributed by atoms with Crippen molar-refractivity contribution < 1.29 is 5.11 Å². The average molecular weight is 278 g/mol. The maximum absolute atomic E-state index is 10.1. The highest BCUT2D eigenvalue weighted by Crippen LogP contribution is 2.28. The van der Waals surface area contributed by atoms with E-state index >= 15 is 0 Å². The molecule has 2 aromatic carbocycles. The summed E-state index contributed by atoms with van der Waals surface area (Å²) in [6, 6.07) is 12.2. The number of nitrogens with zero attached hydrogens (tertiary/aromatic N) is 1. The molecule has 0 saturated heterocycles. The van der Waals surface area contributed by atoms with Gasteiger partial charge < -0.3 is 10.1 Å². The first-order valence-electron chi connectivity index (χ1n) is 6.98. The van der Waals surface area contributed by atoms with E-state index in [2.05, 4.69) is 9.98 Å². The highest BCUT2D eigenvalue weighted by atomic mass is 16.3. The van der Waals surface area contributed by atoms with Crippen molar-refractivity contribution in [3.8, 4) is 5.88 Å². The molecule has 0 atom stereocenters. The minimum Gasteiger partial charge on any atom is -0.494 e. The molecule has 0 amide bonds. The summed E-state index contributed by atoms with van der Waals surface area (Å²) in [6.07, 6.45) is 1.73. The molecule has 0 aliphatic rings. The van der Waals surface area contributed by atoms with Crippen molar-refractivity contribution >= 4 is 22.8 Å².